The van der Waals surface area contributed by atoms with Gasteiger partial charge in [0, 0.05) is 6.20 Å². The second kappa shape index (κ2) is 7.16. The van der Waals surface area contributed by atoms with Crippen LogP contribution in [0, 0.1) is 0 Å². The standard InChI is InChI=1S/C15H16N2O2/c18-9-1-3-13-5-7-15(8-6-13)19-10-2-4-14-11-16-12-17-14/h1,3,5-9,11-12H,2,4,10H2,(H,16,17). The van der Waals surface area contributed by atoms with E-state index in [2.05, 4.69) is 9.97 Å². The molecule has 0 atom stereocenters. The summed E-state index contributed by atoms with van der Waals surface area (Å²) in [5.74, 6) is 0.838. The minimum atomic E-state index is 0.663. The molecule has 1 aromatic carbocycles. The second-order valence-electron chi connectivity index (χ2n) is 4.08. The van der Waals surface area contributed by atoms with E-state index in [1.807, 2.05) is 30.5 Å². The number of allylic oxidation sites excluding steroid dienone is 1. The van der Waals surface area contributed by atoms with Gasteiger partial charge in [0.25, 0.3) is 0 Å². The maximum absolute atomic E-state index is 10.2. The number of aldehydes is 1. The van der Waals surface area contributed by atoms with Crippen LogP contribution < -0.4 is 4.74 Å². The van der Waals surface area contributed by atoms with Crippen LogP contribution in [0.25, 0.3) is 6.08 Å². The van der Waals surface area contributed by atoms with Crippen molar-refractivity contribution in [2.45, 2.75) is 12.8 Å². The lowest BCUT2D eigenvalue weighted by molar-refractivity contribution is -0.104. The van der Waals surface area contributed by atoms with Crippen molar-refractivity contribution in [3.63, 3.8) is 0 Å². The van der Waals surface area contributed by atoms with Crippen LogP contribution in [-0.4, -0.2) is 22.9 Å². The highest BCUT2D eigenvalue weighted by Crippen LogP contribution is 2.13. The van der Waals surface area contributed by atoms with E-state index in [1.165, 1.54) is 6.08 Å². The molecule has 0 amide bonds. The Morgan fingerprint density at radius 3 is 2.79 bits per heavy atom. The Morgan fingerprint density at radius 1 is 1.26 bits per heavy atom. The number of aryl methyl sites for hydroxylation is 1. The number of carbonyl (C=O) groups excluding carboxylic acids is 1. The molecule has 2 rings (SSSR count). The van der Waals surface area contributed by atoms with Gasteiger partial charge in [-0.2, -0.15) is 0 Å². The molecule has 0 bridgehead atoms. The lowest BCUT2D eigenvalue weighted by Crippen LogP contribution is -1.99. The Kier molecular flexibility index (Phi) is 4.93. The molecule has 0 saturated carbocycles. The number of nitrogens with one attached hydrogen (secondary N) is 1. The molecule has 0 aliphatic carbocycles. The Morgan fingerprint density at radius 2 is 2.11 bits per heavy atom. The number of aromatic amines is 1. The smallest absolute Gasteiger partial charge is 0.142 e. The maximum atomic E-state index is 10.2. The molecule has 0 radical (unpaired) electrons. The summed E-state index contributed by atoms with van der Waals surface area (Å²) in [7, 11) is 0. The van der Waals surface area contributed by atoms with Gasteiger partial charge in [0.1, 0.15) is 12.0 Å². The number of aromatic nitrogens is 2. The summed E-state index contributed by atoms with van der Waals surface area (Å²) in [5, 5.41) is 0. The number of rotatable bonds is 7. The molecule has 0 aliphatic rings. The molecule has 4 nitrogen and oxygen atoms in total. The van der Waals surface area contributed by atoms with Gasteiger partial charge >= 0.3 is 0 Å². The van der Waals surface area contributed by atoms with E-state index in [9.17, 15) is 4.79 Å². The molecule has 0 aliphatic heterocycles. The summed E-state index contributed by atoms with van der Waals surface area (Å²) in [4.78, 5) is 17.3. The highest BCUT2D eigenvalue weighted by molar-refractivity contribution is 5.73. The van der Waals surface area contributed by atoms with Crippen molar-refractivity contribution in [3.8, 4) is 5.75 Å². The van der Waals surface area contributed by atoms with Gasteiger partial charge in [0.15, 0.2) is 0 Å². The van der Waals surface area contributed by atoms with E-state index in [0.29, 0.717) is 6.61 Å². The summed E-state index contributed by atoms with van der Waals surface area (Å²) in [5.41, 5.74) is 2.04. The number of nitrogens with zero attached hydrogens (tertiary/aromatic N) is 1. The minimum Gasteiger partial charge on any atom is -0.494 e. The molecule has 4 heteroatoms. The summed E-state index contributed by atoms with van der Waals surface area (Å²) in [6.45, 7) is 0.663. The third kappa shape index (κ3) is 4.43. The fourth-order valence-corrected chi connectivity index (χ4v) is 1.70. The fraction of sp³-hybridized carbons (Fsp3) is 0.200. The number of hydrogen-bond donors (Lipinski definition) is 1. The molecule has 1 heterocycles. The average Bonchev–Trinajstić information content (AvgIpc) is 2.96. The van der Waals surface area contributed by atoms with Crippen molar-refractivity contribution < 1.29 is 9.53 Å². The van der Waals surface area contributed by atoms with Crippen molar-refractivity contribution >= 4 is 12.4 Å². The van der Waals surface area contributed by atoms with Crippen LogP contribution in [0.4, 0.5) is 0 Å². The monoisotopic (exact) mass is 256 g/mol. The van der Waals surface area contributed by atoms with Gasteiger partial charge in [-0.1, -0.05) is 18.2 Å². The second-order valence-corrected chi connectivity index (χ2v) is 4.08. The van der Waals surface area contributed by atoms with Crippen LogP contribution in [0.15, 0.2) is 42.9 Å². The number of benzene rings is 1. The zero-order chi connectivity index (χ0) is 13.3. The first-order valence-corrected chi connectivity index (χ1v) is 6.21. The predicted molar refractivity (Wildman–Crippen MR) is 73.9 cm³/mol. The number of imidazole rings is 1. The Hall–Kier alpha value is -2.36. The maximum Gasteiger partial charge on any atom is 0.142 e. The van der Waals surface area contributed by atoms with Gasteiger partial charge in [-0.25, -0.2) is 4.98 Å². The zero-order valence-corrected chi connectivity index (χ0v) is 10.6. The lowest BCUT2D eigenvalue weighted by Gasteiger charge is -2.05. The third-order valence-electron chi connectivity index (χ3n) is 2.65. The molecule has 2 aromatic rings. The lowest BCUT2D eigenvalue weighted by atomic mass is 10.2. The van der Waals surface area contributed by atoms with E-state index in [4.69, 9.17) is 4.74 Å². The van der Waals surface area contributed by atoms with Gasteiger partial charge in [0.2, 0.25) is 0 Å². The van der Waals surface area contributed by atoms with Crippen LogP contribution in [0.3, 0.4) is 0 Å². The first kappa shape index (κ1) is 13.1. The summed E-state index contributed by atoms with van der Waals surface area (Å²) >= 11 is 0. The van der Waals surface area contributed by atoms with Crippen molar-refractivity contribution in [2.24, 2.45) is 0 Å². The van der Waals surface area contributed by atoms with E-state index >= 15 is 0 Å². The number of ether oxygens (including phenoxy) is 1. The number of H-pyrrole nitrogens is 1. The molecular formula is C15H16N2O2. The highest BCUT2D eigenvalue weighted by atomic mass is 16.5. The Balaban J connectivity index is 1.73. The summed E-state index contributed by atoms with van der Waals surface area (Å²) in [6, 6.07) is 7.64. The normalized spacial score (nSPS) is 10.7. The highest BCUT2D eigenvalue weighted by Gasteiger charge is 1.97. The van der Waals surface area contributed by atoms with Gasteiger partial charge in [-0.3, -0.25) is 4.79 Å². The first-order valence-electron chi connectivity index (χ1n) is 6.21. The van der Waals surface area contributed by atoms with Gasteiger partial charge in [0.05, 0.1) is 18.6 Å². The number of hydrogen-bond acceptors (Lipinski definition) is 3. The molecular weight excluding hydrogens is 240 g/mol. The van der Waals surface area contributed by atoms with E-state index in [0.717, 1.165) is 36.1 Å². The van der Waals surface area contributed by atoms with Crippen LogP contribution in [0.5, 0.6) is 5.75 Å². The first-order chi connectivity index (χ1) is 9.38. The molecule has 1 aromatic heterocycles. The molecule has 0 fully saturated rings. The summed E-state index contributed by atoms with van der Waals surface area (Å²) < 4.78 is 5.63. The van der Waals surface area contributed by atoms with Crippen LogP contribution in [0.2, 0.25) is 0 Å². The van der Waals surface area contributed by atoms with E-state index in [-0.39, 0.29) is 0 Å². The van der Waals surface area contributed by atoms with Crippen LogP contribution in [0.1, 0.15) is 17.7 Å². The zero-order valence-electron chi connectivity index (χ0n) is 10.6. The van der Waals surface area contributed by atoms with Crippen LogP contribution >= 0.6 is 0 Å². The van der Waals surface area contributed by atoms with Crippen LogP contribution in [-0.2, 0) is 11.2 Å². The predicted octanol–water partition coefficient (Wildman–Crippen LogP) is 2.63. The molecule has 1 N–H and O–H groups in total. The van der Waals surface area contributed by atoms with Crippen molar-refractivity contribution in [3.05, 3.63) is 54.1 Å². The molecule has 0 saturated heterocycles. The SMILES string of the molecule is O=CC=Cc1ccc(OCCCc2c[nH]cn2)cc1. The van der Waals surface area contributed by atoms with Crippen molar-refractivity contribution in [2.75, 3.05) is 6.61 Å². The molecule has 19 heavy (non-hydrogen) atoms. The largest absolute Gasteiger partial charge is 0.494 e. The molecule has 0 spiro atoms. The third-order valence-corrected chi connectivity index (χ3v) is 2.65. The topological polar surface area (TPSA) is 55.0 Å². The summed E-state index contributed by atoms with van der Waals surface area (Å²) in [6.07, 6.45) is 9.41. The van der Waals surface area contributed by atoms with Gasteiger partial charge < -0.3 is 9.72 Å². The average molecular weight is 256 g/mol. The van der Waals surface area contributed by atoms with Crippen molar-refractivity contribution in [1.29, 1.82) is 0 Å². The fourth-order valence-electron chi connectivity index (χ4n) is 1.70. The molecule has 0 unspecified atom stereocenters. The van der Waals surface area contributed by atoms with Gasteiger partial charge in [-0.05, 0) is 36.6 Å². The quantitative estimate of drug-likeness (QED) is 0.470. The van der Waals surface area contributed by atoms with Crippen molar-refractivity contribution in [1.82, 2.24) is 9.97 Å². The minimum absolute atomic E-state index is 0.663. The molecule has 98 valence electrons. The Bertz CT molecular complexity index is 516. The van der Waals surface area contributed by atoms with Gasteiger partial charge in [-0.15, -0.1) is 0 Å². The Labute approximate surface area is 112 Å². The number of carbonyl (C=O) groups is 1. The van der Waals surface area contributed by atoms with E-state index < -0.39 is 0 Å². The van der Waals surface area contributed by atoms with E-state index in [1.54, 1.807) is 12.4 Å².